The third kappa shape index (κ3) is 5.40. The molecule has 8 heteroatoms. The Morgan fingerprint density at radius 1 is 0.966 bits per heavy atom. The Morgan fingerprint density at radius 3 is 2.14 bits per heavy atom. The van der Waals surface area contributed by atoms with Crippen LogP contribution in [-0.2, 0) is 10.1 Å². The Kier molecular flexibility index (Phi) is 6.66. The quantitative estimate of drug-likeness (QED) is 0.221. The minimum Gasteiger partial charge on any atom is -0.378 e. The summed E-state index contributed by atoms with van der Waals surface area (Å²) in [6, 6.07) is 19.4. The number of hydrogen-bond acceptors (Lipinski definition) is 4. The molecular weight excluding hydrogens is 497 g/mol. The molecule has 0 spiro atoms. The van der Waals surface area contributed by atoms with Crippen LogP contribution in [-0.4, -0.2) is 8.42 Å². The first-order valence-electron chi connectivity index (χ1n) is 8.16. The van der Waals surface area contributed by atoms with E-state index in [1.807, 2.05) is 0 Å². The molecule has 0 heterocycles. The van der Waals surface area contributed by atoms with E-state index in [2.05, 4.69) is 22.0 Å². The molecule has 0 aromatic heterocycles. The molecule has 0 N–H and O–H groups in total. The van der Waals surface area contributed by atoms with Gasteiger partial charge in [-0.1, -0.05) is 51.3 Å². The Bertz CT molecular complexity index is 1220. The molecular formula is C21H12BrCl2NO3S. The number of benzene rings is 3. The monoisotopic (exact) mass is 507 g/mol. The molecule has 3 aromatic rings. The molecule has 0 saturated heterocycles. The van der Waals surface area contributed by atoms with E-state index in [1.54, 1.807) is 42.5 Å². The van der Waals surface area contributed by atoms with E-state index in [0.717, 1.165) is 0 Å². The molecule has 0 aliphatic rings. The second-order valence-corrected chi connectivity index (χ2v) is 9.19. The molecule has 0 unspecified atom stereocenters. The summed E-state index contributed by atoms with van der Waals surface area (Å²) in [5.74, 6) is 0.0878. The molecule has 3 rings (SSSR count). The number of allylic oxidation sites excluding steroid dienone is 1. The zero-order valence-electron chi connectivity index (χ0n) is 14.6. The molecule has 0 aliphatic carbocycles. The number of halogens is 3. The third-order valence-corrected chi connectivity index (χ3v) is 6.09. The first-order valence-corrected chi connectivity index (χ1v) is 11.1. The van der Waals surface area contributed by atoms with Crippen LogP contribution in [0.1, 0.15) is 11.1 Å². The normalized spacial score (nSPS) is 11.7. The number of nitriles is 1. The molecule has 0 radical (unpaired) electrons. The second kappa shape index (κ2) is 9.02. The highest BCUT2D eigenvalue weighted by molar-refractivity contribution is 9.10. The van der Waals surface area contributed by atoms with Gasteiger partial charge in [0.2, 0.25) is 0 Å². The lowest BCUT2D eigenvalue weighted by Gasteiger charge is -2.11. The Hall–Kier alpha value is -2.30. The van der Waals surface area contributed by atoms with Crippen LogP contribution in [0.4, 0.5) is 0 Å². The van der Waals surface area contributed by atoms with Crippen LogP contribution < -0.4 is 4.18 Å². The Balaban J connectivity index is 2.03. The van der Waals surface area contributed by atoms with Gasteiger partial charge in [-0.05, 0) is 66.2 Å². The minimum atomic E-state index is -4.08. The predicted octanol–water partition coefficient (Wildman–Crippen LogP) is 6.59. The van der Waals surface area contributed by atoms with E-state index < -0.39 is 10.1 Å². The summed E-state index contributed by atoms with van der Waals surface area (Å²) in [5.41, 5.74) is 1.39. The smallest absolute Gasteiger partial charge is 0.339 e. The van der Waals surface area contributed by atoms with Crippen LogP contribution in [0.5, 0.6) is 5.75 Å². The lowest BCUT2D eigenvalue weighted by atomic mass is 10.0. The van der Waals surface area contributed by atoms with Crippen LogP contribution in [0.3, 0.4) is 0 Å². The van der Waals surface area contributed by atoms with Gasteiger partial charge >= 0.3 is 10.1 Å². The maximum Gasteiger partial charge on any atom is 0.339 e. The van der Waals surface area contributed by atoms with E-state index in [-0.39, 0.29) is 10.6 Å². The van der Waals surface area contributed by atoms with Crippen LogP contribution >= 0.6 is 39.1 Å². The van der Waals surface area contributed by atoms with Crippen molar-refractivity contribution in [2.24, 2.45) is 0 Å². The van der Waals surface area contributed by atoms with Crippen LogP contribution in [0.25, 0.3) is 11.6 Å². The fourth-order valence-electron chi connectivity index (χ4n) is 2.44. The van der Waals surface area contributed by atoms with Gasteiger partial charge in [0.05, 0.1) is 11.6 Å². The molecule has 0 saturated carbocycles. The third-order valence-electron chi connectivity index (χ3n) is 3.85. The maximum atomic E-state index is 12.6. The van der Waals surface area contributed by atoms with Crippen molar-refractivity contribution in [1.82, 2.24) is 0 Å². The van der Waals surface area contributed by atoms with Crippen LogP contribution in [0.15, 0.2) is 76.1 Å². The van der Waals surface area contributed by atoms with Crippen LogP contribution in [0, 0.1) is 11.3 Å². The molecule has 4 nitrogen and oxygen atoms in total. The summed E-state index contributed by atoms with van der Waals surface area (Å²) in [7, 11) is -4.08. The summed E-state index contributed by atoms with van der Waals surface area (Å²) in [6.07, 6.45) is 1.56. The topological polar surface area (TPSA) is 67.2 Å². The Labute approximate surface area is 187 Å². The van der Waals surface area contributed by atoms with Crippen molar-refractivity contribution in [2.45, 2.75) is 4.90 Å². The average Bonchev–Trinajstić information content (AvgIpc) is 2.69. The summed E-state index contributed by atoms with van der Waals surface area (Å²) in [6.45, 7) is 0. The van der Waals surface area contributed by atoms with Crippen molar-refractivity contribution in [3.05, 3.63) is 92.4 Å². The highest BCUT2D eigenvalue weighted by Gasteiger charge is 2.18. The number of hydrogen-bond donors (Lipinski definition) is 0. The van der Waals surface area contributed by atoms with E-state index in [4.69, 9.17) is 27.4 Å². The predicted molar refractivity (Wildman–Crippen MR) is 118 cm³/mol. The minimum absolute atomic E-state index is 0.0297. The van der Waals surface area contributed by atoms with Gasteiger partial charge in [-0.25, -0.2) is 0 Å². The molecule has 0 bridgehead atoms. The maximum absolute atomic E-state index is 12.6. The van der Waals surface area contributed by atoms with E-state index in [0.29, 0.717) is 31.2 Å². The molecule has 0 atom stereocenters. The second-order valence-electron chi connectivity index (χ2n) is 5.85. The van der Waals surface area contributed by atoms with Crippen molar-refractivity contribution in [3.8, 4) is 11.8 Å². The zero-order chi connectivity index (χ0) is 21.0. The fourth-order valence-corrected chi connectivity index (χ4v) is 4.03. The molecule has 146 valence electrons. The summed E-state index contributed by atoms with van der Waals surface area (Å²) < 4.78 is 31.3. The van der Waals surface area contributed by atoms with Crippen molar-refractivity contribution < 1.29 is 12.6 Å². The van der Waals surface area contributed by atoms with Crippen molar-refractivity contribution >= 4 is 60.9 Å². The number of nitrogens with zero attached hydrogens (tertiary/aromatic N) is 1. The van der Waals surface area contributed by atoms with Crippen LogP contribution in [0.2, 0.25) is 10.0 Å². The van der Waals surface area contributed by atoms with Gasteiger partial charge in [0.25, 0.3) is 0 Å². The highest BCUT2D eigenvalue weighted by Crippen LogP contribution is 2.30. The van der Waals surface area contributed by atoms with Gasteiger partial charge < -0.3 is 4.18 Å². The average molecular weight is 509 g/mol. The molecule has 0 aliphatic heterocycles. The molecule has 29 heavy (non-hydrogen) atoms. The van der Waals surface area contributed by atoms with E-state index >= 15 is 0 Å². The summed E-state index contributed by atoms with van der Waals surface area (Å²) >= 11 is 15.1. The van der Waals surface area contributed by atoms with Gasteiger partial charge in [0.1, 0.15) is 10.6 Å². The van der Waals surface area contributed by atoms with Gasteiger partial charge in [0.15, 0.2) is 0 Å². The van der Waals surface area contributed by atoms with E-state index in [9.17, 15) is 13.7 Å². The SMILES string of the molecule is N#C/C(=C\c1cc(Br)ccc1OS(=O)(=O)c1ccc(Cl)cc1)c1ccc(Cl)cc1. The molecule has 0 fully saturated rings. The standard InChI is InChI=1S/C21H12BrCl2NO3S/c22-17-3-10-21(28-29(26,27)20-8-6-19(24)7-9-20)15(12-17)11-16(13-25)14-1-4-18(23)5-2-14/h1-12H/b16-11+. The lowest BCUT2D eigenvalue weighted by Crippen LogP contribution is -2.10. The first kappa shape index (κ1) is 21.4. The highest BCUT2D eigenvalue weighted by atomic mass is 79.9. The van der Waals surface area contributed by atoms with Crippen molar-refractivity contribution in [2.75, 3.05) is 0 Å². The Morgan fingerprint density at radius 2 is 1.55 bits per heavy atom. The van der Waals surface area contributed by atoms with Gasteiger partial charge in [-0.15, -0.1) is 0 Å². The van der Waals surface area contributed by atoms with E-state index in [1.165, 1.54) is 30.3 Å². The van der Waals surface area contributed by atoms with Gasteiger partial charge in [0, 0.05) is 20.1 Å². The summed E-state index contributed by atoms with van der Waals surface area (Å²) in [4.78, 5) is -0.0297. The van der Waals surface area contributed by atoms with Gasteiger partial charge in [-0.2, -0.15) is 13.7 Å². The largest absolute Gasteiger partial charge is 0.378 e. The zero-order valence-corrected chi connectivity index (χ0v) is 18.6. The van der Waals surface area contributed by atoms with Gasteiger partial charge in [-0.3, -0.25) is 0 Å². The number of rotatable bonds is 5. The summed E-state index contributed by atoms with van der Waals surface area (Å²) in [5, 5.41) is 10.5. The van der Waals surface area contributed by atoms with Crippen molar-refractivity contribution in [3.63, 3.8) is 0 Å². The molecule has 3 aromatic carbocycles. The first-order chi connectivity index (χ1) is 13.8. The lowest BCUT2D eigenvalue weighted by molar-refractivity contribution is 0.485. The van der Waals surface area contributed by atoms with Crippen molar-refractivity contribution in [1.29, 1.82) is 5.26 Å². The molecule has 0 amide bonds. The fraction of sp³-hybridized carbons (Fsp3) is 0.